The monoisotopic (exact) mass is 423 g/mol. The Kier molecular flexibility index (Phi) is 4.29. The lowest BCUT2D eigenvalue weighted by Crippen LogP contribution is -2.45. The van der Waals surface area contributed by atoms with Crippen LogP contribution in [-0.4, -0.2) is 69.3 Å². The molecule has 7 nitrogen and oxygen atoms in total. The van der Waals surface area contributed by atoms with Gasteiger partial charge < -0.3 is 9.80 Å². The molecule has 2 aromatic heterocycles. The molecule has 0 spiro atoms. The summed E-state index contributed by atoms with van der Waals surface area (Å²) in [6.45, 7) is 2.15. The van der Waals surface area contributed by atoms with E-state index in [4.69, 9.17) is 0 Å². The van der Waals surface area contributed by atoms with E-state index in [-0.39, 0.29) is 17.5 Å². The third-order valence-corrected chi connectivity index (χ3v) is 4.77. The highest BCUT2D eigenvalue weighted by Crippen LogP contribution is 2.46. The smallest absolute Gasteiger partial charge is 0.351 e. The Morgan fingerprint density at radius 2 is 1.62 bits per heavy atom. The maximum absolute atomic E-state index is 14.6. The number of piperazine rings is 1. The maximum atomic E-state index is 14.6. The van der Waals surface area contributed by atoms with Gasteiger partial charge >= 0.3 is 12.1 Å². The van der Waals surface area contributed by atoms with Crippen LogP contribution in [0.3, 0.4) is 0 Å². The standard InChI is InChI=1S/C15H12F7N7/c1-27-2-4-28(5-3-27)12-13-24-25-26-29(13)8-6-7(14(18,19)15(20,21)22)9(16)10(17)11(8)23-12/h6H,2-5H2,1H3. The van der Waals surface area contributed by atoms with Gasteiger partial charge in [0.1, 0.15) is 5.52 Å². The molecule has 0 bridgehead atoms. The van der Waals surface area contributed by atoms with Crippen molar-refractivity contribution in [1.82, 2.24) is 29.9 Å². The molecule has 14 heteroatoms. The van der Waals surface area contributed by atoms with Crippen LogP contribution in [0, 0.1) is 11.6 Å². The number of likely N-dealkylation sites (N-methyl/N-ethyl adjacent to an activating group) is 1. The van der Waals surface area contributed by atoms with E-state index in [1.165, 1.54) is 0 Å². The second-order valence-electron chi connectivity index (χ2n) is 6.63. The summed E-state index contributed by atoms with van der Waals surface area (Å²) in [7, 11) is 1.89. The van der Waals surface area contributed by atoms with E-state index in [9.17, 15) is 30.7 Å². The van der Waals surface area contributed by atoms with Crippen LogP contribution in [-0.2, 0) is 5.92 Å². The normalized spacial score (nSPS) is 16.9. The number of alkyl halides is 5. The van der Waals surface area contributed by atoms with Gasteiger partial charge in [-0.2, -0.15) is 26.5 Å². The van der Waals surface area contributed by atoms with Gasteiger partial charge in [0.25, 0.3) is 0 Å². The molecule has 0 radical (unpaired) electrons. The van der Waals surface area contributed by atoms with Crippen molar-refractivity contribution in [3.05, 3.63) is 23.3 Å². The molecule has 1 aliphatic heterocycles. The average molecular weight is 423 g/mol. The number of rotatable bonds is 2. The minimum atomic E-state index is -6.12. The predicted molar refractivity (Wildman–Crippen MR) is 85.7 cm³/mol. The topological polar surface area (TPSA) is 62.5 Å². The van der Waals surface area contributed by atoms with Crippen LogP contribution in [0.1, 0.15) is 5.56 Å². The van der Waals surface area contributed by atoms with E-state index >= 15 is 0 Å². The summed E-state index contributed by atoms with van der Waals surface area (Å²) >= 11 is 0. The van der Waals surface area contributed by atoms with Crippen molar-refractivity contribution >= 4 is 22.5 Å². The number of hydrogen-bond donors (Lipinski definition) is 0. The Morgan fingerprint density at radius 1 is 0.966 bits per heavy atom. The lowest BCUT2D eigenvalue weighted by atomic mass is 10.1. The van der Waals surface area contributed by atoms with Crippen LogP contribution in [0.15, 0.2) is 6.07 Å². The maximum Gasteiger partial charge on any atom is 0.458 e. The number of benzene rings is 1. The molecule has 0 amide bonds. The molecule has 3 aromatic rings. The molecular weight excluding hydrogens is 411 g/mol. The highest BCUT2D eigenvalue weighted by atomic mass is 19.4. The van der Waals surface area contributed by atoms with Crippen LogP contribution in [0.5, 0.6) is 0 Å². The molecule has 0 saturated carbocycles. The molecule has 1 fully saturated rings. The second-order valence-corrected chi connectivity index (χ2v) is 6.63. The molecule has 4 rings (SSSR count). The largest absolute Gasteiger partial charge is 0.458 e. The van der Waals surface area contributed by atoms with Crippen LogP contribution < -0.4 is 4.90 Å². The summed E-state index contributed by atoms with van der Waals surface area (Å²) in [5.41, 5.74) is -3.60. The van der Waals surface area contributed by atoms with Gasteiger partial charge in [-0.1, -0.05) is 0 Å². The molecule has 156 valence electrons. The summed E-state index contributed by atoms with van der Waals surface area (Å²) in [4.78, 5) is 7.68. The molecule has 3 heterocycles. The van der Waals surface area contributed by atoms with E-state index in [0.29, 0.717) is 26.2 Å². The molecule has 0 atom stereocenters. The zero-order valence-electron chi connectivity index (χ0n) is 14.7. The molecule has 1 aromatic carbocycles. The fraction of sp³-hybridized carbons (Fsp3) is 0.467. The first-order chi connectivity index (χ1) is 13.5. The SMILES string of the molecule is CN1CCN(c2nc3c(F)c(F)c(C(F)(F)C(F)(F)F)cc3n3nnnc23)CC1. The van der Waals surface area contributed by atoms with Crippen molar-refractivity contribution < 1.29 is 30.7 Å². The van der Waals surface area contributed by atoms with Gasteiger partial charge in [-0.05, 0) is 23.5 Å². The van der Waals surface area contributed by atoms with Crippen LogP contribution in [0.25, 0.3) is 16.7 Å². The predicted octanol–water partition coefficient (Wildman–Crippen LogP) is 2.36. The van der Waals surface area contributed by atoms with Crippen molar-refractivity contribution in [1.29, 1.82) is 0 Å². The minimum Gasteiger partial charge on any atom is -0.351 e. The van der Waals surface area contributed by atoms with Crippen LogP contribution in [0.4, 0.5) is 36.6 Å². The van der Waals surface area contributed by atoms with E-state index < -0.39 is 40.3 Å². The van der Waals surface area contributed by atoms with Gasteiger partial charge in [-0.15, -0.1) is 5.10 Å². The molecule has 1 aliphatic rings. The van der Waals surface area contributed by atoms with Gasteiger partial charge in [0.2, 0.25) is 5.65 Å². The Hall–Kier alpha value is -2.77. The number of anilines is 1. The molecule has 29 heavy (non-hydrogen) atoms. The highest BCUT2D eigenvalue weighted by Gasteiger charge is 2.60. The van der Waals surface area contributed by atoms with Gasteiger partial charge in [0.15, 0.2) is 17.5 Å². The number of tetrazole rings is 1. The number of nitrogens with zero attached hydrogens (tertiary/aromatic N) is 7. The van der Waals surface area contributed by atoms with E-state index in [0.717, 1.165) is 4.52 Å². The average Bonchev–Trinajstić information content (AvgIpc) is 3.13. The Morgan fingerprint density at radius 3 is 2.24 bits per heavy atom. The summed E-state index contributed by atoms with van der Waals surface area (Å²) in [6.07, 6.45) is -6.12. The summed E-state index contributed by atoms with van der Waals surface area (Å²) in [5.74, 6) is -9.81. The fourth-order valence-corrected chi connectivity index (χ4v) is 3.13. The number of fused-ring (bicyclic) bond motifs is 3. The van der Waals surface area contributed by atoms with Crippen molar-refractivity contribution in [2.24, 2.45) is 0 Å². The van der Waals surface area contributed by atoms with Crippen molar-refractivity contribution in [3.63, 3.8) is 0 Å². The van der Waals surface area contributed by atoms with Crippen molar-refractivity contribution in [2.75, 3.05) is 38.1 Å². The van der Waals surface area contributed by atoms with E-state index in [1.54, 1.807) is 4.90 Å². The quantitative estimate of drug-likeness (QED) is 0.590. The minimum absolute atomic E-state index is 0.0734. The number of hydrogen-bond acceptors (Lipinski definition) is 6. The number of aromatic nitrogens is 5. The van der Waals surface area contributed by atoms with Crippen LogP contribution >= 0.6 is 0 Å². The molecule has 0 unspecified atom stereocenters. The van der Waals surface area contributed by atoms with Crippen LogP contribution in [0.2, 0.25) is 0 Å². The summed E-state index contributed by atoms with van der Waals surface area (Å²) in [5, 5.41) is 10.6. The zero-order valence-corrected chi connectivity index (χ0v) is 14.7. The molecular formula is C15H12F7N7. The third kappa shape index (κ3) is 2.92. The molecule has 0 aliphatic carbocycles. The molecule has 0 N–H and O–H groups in total. The first-order valence-electron chi connectivity index (χ1n) is 8.30. The lowest BCUT2D eigenvalue weighted by molar-refractivity contribution is -0.290. The third-order valence-electron chi connectivity index (χ3n) is 4.77. The molecule has 1 saturated heterocycles. The van der Waals surface area contributed by atoms with Crippen molar-refractivity contribution in [2.45, 2.75) is 12.1 Å². The zero-order chi connectivity index (χ0) is 21.1. The van der Waals surface area contributed by atoms with Crippen molar-refractivity contribution in [3.8, 4) is 0 Å². The van der Waals surface area contributed by atoms with Gasteiger partial charge in [-0.3, -0.25) is 0 Å². The summed E-state index contributed by atoms with van der Waals surface area (Å²) < 4.78 is 95.2. The summed E-state index contributed by atoms with van der Waals surface area (Å²) in [6, 6.07) is 0.172. The Bertz CT molecular complexity index is 1090. The fourth-order valence-electron chi connectivity index (χ4n) is 3.13. The van der Waals surface area contributed by atoms with Gasteiger partial charge in [0, 0.05) is 26.2 Å². The first kappa shape index (κ1) is 19.5. The first-order valence-corrected chi connectivity index (χ1v) is 8.30. The van der Waals surface area contributed by atoms with E-state index in [1.807, 2.05) is 11.9 Å². The Balaban J connectivity index is 1.98. The number of halogens is 7. The van der Waals surface area contributed by atoms with E-state index in [2.05, 4.69) is 20.5 Å². The van der Waals surface area contributed by atoms with Gasteiger partial charge in [-0.25, -0.2) is 13.8 Å². The lowest BCUT2D eigenvalue weighted by Gasteiger charge is -2.33. The highest BCUT2D eigenvalue weighted by molar-refractivity contribution is 5.84. The second kappa shape index (κ2) is 6.37. The Labute approximate surface area is 157 Å². The van der Waals surface area contributed by atoms with Gasteiger partial charge in [0.05, 0.1) is 11.1 Å².